The molecule has 1 atom stereocenters. The van der Waals surface area contributed by atoms with Crippen LogP contribution in [0.4, 0.5) is 0 Å². The Morgan fingerprint density at radius 3 is 2.93 bits per heavy atom. The number of ether oxygens (including phenoxy) is 1. The van der Waals surface area contributed by atoms with Crippen molar-refractivity contribution in [2.24, 2.45) is 0 Å². The summed E-state index contributed by atoms with van der Waals surface area (Å²) in [6.45, 7) is 5.25. The van der Waals surface area contributed by atoms with Crippen LogP contribution in [-0.4, -0.2) is 18.3 Å². The highest BCUT2D eigenvalue weighted by Crippen LogP contribution is 2.38. The van der Waals surface area contributed by atoms with Crippen molar-refractivity contribution < 1.29 is 9.84 Å². The van der Waals surface area contributed by atoms with Gasteiger partial charge >= 0.3 is 0 Å². The normalized spacial score (nSPS) is 19.5. The van der Waals surface area contributed by atoms with Gasteiger partial charge in [0.15, 0.2) is 0 Å². The van der Waals surface area contributed by atoms with Gasteiger partial charge in [-0.05, 0) is 49.3 Å². The Hall–Kier alpha value is -1.02. The van der Waals surface area contributed by atoms with Crippen LogP contribution in [0.5, 0.6) is 5.75 Å². The van der Waals surface area contributed by atoms with Crippen LogP contribution in [0.25, 0.3) is 0 Å². The molecule has 0 aromatic heterocycles. The van der Waals surface area contributed by atoms with Crippen LogP contribution in [0.3, 0.4) is 0 Å². The fraction of sp³-hybridized carbons (Fsp3) is 0.538. The number of benzene rings is 1. The maximum atomic E-state index is 9.03. The SMILES string of the molecule is Cc1ccc2c(c1C)OCCC2CCO. The first kappa shape index (κ1) is 10.5. The molecular weight excluding hydrogens is 188 g/mol. The molecular formula is C13H18O2. The molecule has 2 heteroatoms. The van der Waals surface area contributed by atoms with Gasteiger partial charge in [-0.15, -0.1) is 0 Å². The fourth-order valence-electron chi connectivity index (χ4n) is 2.24. The minimum Gasteiger partial charge on any atom is -0.493 e. The Bertz CT molecular complexity index is 358. The van der Waals surface area contributed by atoms with Gasteiger partial charge < -0.3 is 9.84 Å². The number of fused-ring (bicyclic) bond motifs is 1. The molecule has 0 bridgehead atoms. The van der Waals surface area contributed by atoms with E-state index in [0.717, 1.165) is 25.2 Å². The standard InChI is InChI=1S/C13H18O2/c1-9-3-4-12-11(5-7-14)6-8-15-13(12)10(9)2/h3-4,11,14H,5-8H2,1-2H3. The lowest BCUT2D eigenvalue weighted by molar-refractivity contribution is 0.229. The van der Waals surface area contributed by atoms with Gasteiger partial charge in [-0.3, -0.25) is 0 Å². The average molecular weight is 206 g/mol. The first-order valence-electron chi connectivity index (χ1n) is 5.57. The van der Waals surface area contributed by atoms with E-state index < -0.39 is 0 Å². The van der Waals surface area contributed by atoms with Gasteiger partial charge in [0.05, 0.1) is 6.61 Å². The predicted octanol–water partition coefficient (Wildman–Crippen LogP) is 2.55. The Kier molecular flexibility index (Phi) is 2.96. The Morgan fingerprint density at radius 1 is 1.40 bits per heavy atom. The highest BCUT2D eigenvalue weighted by atomic mass is 16.5. The molecule has 0 fully saturated rings. The lowest BCUT2D eigenvalue weighted by Crippen LogP contribution is -2.16. The van der Waals surface area contributed by atoms with Crippen molar-refractivity contribution in [2.45, 2.75) is 32.6 Å². The molecule has 1 aliphatic rings. The molecule has 0 radical (unpaired) electrons. The number of aliphatic hydroxyl groups excluding tert-OH is 1. The molecule has 1 unspecified atom stereocenters. The molecule has 2 nitrogen and oxygen atoms in total. The van der Waals surface area contributed by atoms with Crippen molar-refractivity contribution in [1.82, 2.24) is 0 Å². The van der Waals surface area contributed by atoms with Gasteiger partial charge in [0.1, 0.15) is 5.75 Å². The number of aliphatic hydroxyl groups is 1. The van der Waals surface area contributed by atoms with Gasteiger partial charge in [0.25, 0.3) is 0 Å². The predicted molar refractivity (Wildman–Crippen MR) is 60.5 cm³/mol. The lowest BCUT2D eigenvalue weighted by Gasteiger charge is -2.27. The molecule has 0 aliphatic carbocycles. The molecule has 1 heterocycles. The lowest BCUT2D eigenvalue weighted by atomic mass is 9.88. The zero-order valence-corrected chi connectivity index (χ0v) is 9.42. The highest BCUT2D eigenvalue weighted by molar-refractivity contribution is 5.47. The second-order valence-electron chi connectivity index (χ2n) is 4.27. The summed E-state index contributed by atoms with van der Waals surface area (Å²) in [7, 11) is 0. The molecule has 1 N–H and O–H groups in total. The van der Waals surface area contributed by atoms with Gasteiger partial charge in [-0.25, -0.2) is 0 Å². The zero-order valence-electron chi connectivity index (χ0n) is 9.42. The zero-order chi connectivity index (χ0) is 10.8. The van der Waals surface area contributed by atoms with Crippen LogP contribution >= 0.6 is 0 Å². The third-order valence-electron chi connectivity index (χ3n) is 3.34. The van der Waals surface area contributed by atoms with E-state index in [0.29, 0.717) is 5.92 Å². The Balaban J connectivity index is 2.40. The van der Waals surface area contributed by atoms with E-state index >= 15 is 0 Å². The van der Waals surface area contributed by atoms with Crippen molar-refractivity contribution in [3.05, 3.63) is 28.8 Å². The van der Waals surface area contributed by atoms with Crippen LogP contribution in [0.2, 0.25) is 0 Å². The van der Waals surface area contributed by atoms with Crippen LogP contribution in [0, 0.1) is 13.8 Å². The van der Waals surface area contributed by atoms with Crippen LogP contribution in [0.15, 0.2) is 12.1 Å². The Labute approximate surface area is 90.9 Å². The van der Waals surface area contributed by atoms with E-state index in [1.54, 1.807) is 0 Å². The molecule has 1 aromatic rings. The van der Waals surface area contributed by atoms with E-state index in [2.05, 4.69) is 26.0 Å². The summed E-state index contributed by atoms with van der Waals surface area (Å²) in [6.07, 6.45) is 1.87. The molecule has 0 saturated heterocycles. The molecule has 0 amide bonds. The van der Waals surface area contributed by atoms with E-state index in [4.69, 9.17) is 9.84 Å². The van der Waals surface area contributed by atoms with Crippen molar-refractivity contribution >= 4 is 0 Å². The van der Waals surface area contributed by atoms with Gasteiger partial charge in [-0.1, -0.05) is 12.1 Å². The fourth-order valence-corrected chi connectivity index (χ4v) is 2.24. The number of rotatable bonds is 2. The average Bonchev–Trinajstić information content (AvgIpc) is 2.25. The topological polar surface area (TPSA) is 29.5 Å². The molecule has 82 valence electrons. The van der Waals surface area contributed by atoms with Gasteiger partial charge in [0, 0.05) is 6.61 Å². The summed E-state index contributed by atoms with van der Waals surface area (Å²) < 4.78 is 5.73. The van der Waals surface area contributed by atoms with Crippen molar-refractivity contribution in [3.63, 3.8) is 0 Å². The number of aryl methyl sites for hydroxylation is 1. The molecule has 2 rings (SSSR count). The second-order valence-corrected chi connectivity index (χ2v) is 4.27. The largest absolute Gasteiger partial charge is 0.493 e. The van der Waals surface area contributed by atoms with E-state index in [1.807, 2.05) is 0 Å². The first-order valence-corrected chi connectivity index (χ1v) is 5.57. The van der Waals surface area contributed by atoms with Crippen LogP contribution in [-0.2, 0) is 0 Å². The minimum atomic E-state index is 0.261. The third-order valence-corrected chi connectivity index (χ3v) is 3.34. The minimum absolute atomic E-state index is 0.261. The van der Waals surface area contributed by atoms with E-state index in [1.165, 1.54) is 16.7 Å². The molecule has 1 aromatic carbocycles. The first-order chi connectivity index (χ1) is 7.24. The molecule has 0 spiro atoms. The Morgan fingerprint density at radius 2 is 2.20 bits per heavy atom. The summed E-state index contributed by atoms with van der Waals surface area (Å²) in [4.78, 5) is 0. The molecule has 15 heavy (non-hydrogen) atoms. The maximum absolute atomic E-state index is 9.03. The van der Waals surface area contributed by atoms with Crippen LogP contribution < -0.4 is 4.74 Å². The third kappa shape index (κ3) is 1.86. The van der Waals surface area contributed by atoms with Crippen LogP contribution in [0.1, 0.15) is 35.4 Å². The number of hydrogen-bond donors (Lipinski definition) is 1. The van der Waals surface area contributed by atoms with Crippen molar-refractivity contribution in [2.75, 3.05) is 13.2 Å². The molecule has 1 aliphatic heterocycles. The second kappa shape index (κ2) is 4.23. The highest BCUT2D eigenvalue weighted by Gasteiger charge is 2.22. The van der Waals surface area contributed by atoms with Gasteiger partial charge in [0.2, 0.25) is 0 Å². The summed E-state index contributed by atoms with van der Waals surface area (Å²) in [6, 6.07) is 4.30. The van der Waals surface area contributed by atoms with Gasteiger partial charge in [-0.2, -0.15) is 0 Å². The summed E-state index contributed by atoms with van der Waals surface area (Å²) in [5.74, 6) is 1.53. The smallest absolute Gasteiger partial charge is 0.125 e. The summed E-state index contributed by atoms with van der Waals surface area (Å²) in [5.41, 5.74) is 3.80. The monoisotopic (exact) mass is 206 g/mol. The number of hydrogen-bond acceptors (Lipinski definition) is 2. The van der Waals surface area contributed by atoms with E-state index in [-0.39, 0.29) is 6.61 Å². The summed E-state index contributed by atoms with van der Waals surface area (Å²) >= 11 is 0. The quantitative estimate of drug-likeness (QED) is 0.805. The van der Waals surface area contributed by atoms with E-state index in [9.17, 15) is 0 Å². The van der Waals surface area contributed by atoms with Crippen molar-refractivity contribution in [1.29, 1.82) is 0 Å². The summed E-state index contributed by atoms with van der Waals surface area (Å²) in [5, 5.41) is 9.03. The maximum Gasteiger partial charge on any atom is 0.125 e. The molecule has 0 saturated carbocycles. The van der Waals surface area contributed by atoms with Crippen molar-refractivity contribution in [3.8, 4) is 5.75 Å².